The lowest BCUT2D eigenvalue weighted by Crippen LogP contribution is -2.28. The van der Waals surface area contributed by atoms with Gasteiger partial charge in [0.2, 0.25) is 0 Å². The normalized spacial score (nSPS) is 16.2. The number of hydrogen-bond donors (Lipinski definition) is 1. The van der Waals surface area contributed by atoms with E-state index in [1.165, 1.54) is 102 Å². The maximum atomic E-state index is 3.92. The third-order valence-electron chi connectivity index (χ3n) is 14.9. The summed E-state index contributed by atoms with van der Waals surface area (Å²) < 4.78 is 0. The zero-order valence-corrected chi connectivity index (χ0v) is 38.3. The molecule has 10 aromatic rings. The molecular formula is C68H49N. The molecule has 13 rings (SSSR count). The highest BCUT2D eigenvalue weighted by atomic mass is 14.9. The van der Waals surface area contributed by atoms with Gasteiger partial charge in [-0.25, -0.2) is 0 Å². The SMILES string of the molecule is C(=CC1=CC(c2ccccc2)(c2ccc(-c3cc(C4(c5ccccc5)c5ccccc5-c5ccccc54)ccc3Nc3ccc(-c4ccc5ccccc5c4)cc3)cc2)c2ccccc21)C=C1CC1. The van der Waals surface area contributed by atoms with E-state index in [9.17, 15) is 0 Å². The van der Waals surface area contributed by atoms with E-state index in [0.717, 1.165) is 22.5 Å². The van der Waals surface area contributed by atoms with Crippen molar-refractivity contribution in [1.29, 1.82) is 0 Å². The Morgan fingerprint density at radius 2 is 0.928 bits per heavy atom. The summed E-state index contributed by atoms with van der Waals surface area (Å²) in [5.41, 5.74) is 21.3. The molecule has 1 fully saturated rings. The van der Waals surface area contributed by atoms with Crippen LogP contribution in [0.1, 0.15) is 57.3 Å². The Morgan fingerprint density at radius 3 is 1.62 bits per heavy atom. The molecule has 1 atom stereocenters. The summed E-state index contributed by atoms with van der Waals surface area (Å²) in [4.78, 5) is 0. The minimum Gasteiger partial charge on any atom is -0.355 e. The Kier molecular flexibility index (Phi) is 9.84. The Balaban J connectivity index is 0.971. The van der Waals surface area contributed by atoms with Gasteiger partial charge in [0.1, 0.15) is 0 Å². The van der Waals surface area contributed by atoms with Gasteiger partial charge >= 0.3 is 0 Å². The molecule has 0 spiro atoms. The number of fused-ring (bicyclic) bond motifs is 5. The van der Waals surface area contributed by atoms with E-state index in [-0.39, 0.29) is 0 Å². The summed E-state index contributed by atoms with van der Waals surface area (Å²) in [7, 11) is 0. The second kappa shape index (κ2) is 16.7. The number of anilines is 2. The topological polar surface area (TPSA) is 12.0 Å². The van der Waals surface area contributed by atoms with Gasteiger partial charge in [0.15, 0.2) is 0 Å². The molecule has 1 nitrogen and oxygen atoms in total. The molecule has 0 aliphatic heterocycles. The van der Waals surface area contributed by atoms with Crippen LogP contribution < -0.4 is 5.32 Å². The van der Waals surface area contributed by atoms with Crippen LogP contribution in [0.25, 0.3) is 49.7 Å². The highest BCUT2D eigenvalue weighted by Crippen LogP contribution is 2.57. The van der Waals surface area contributed by atoms with Crippen LogP contribution in [-0.4, -0.2) is 0 Å². The van der Waals surface area contributed by atoms with Crippen LogP contribution in [0.15, 0.2) is 273 Å². The lowest BCUT2D eigenvalue weighted by Gasteiger charge is -2.34. The molecule has 0 amide bonds. The summed E-state index contributed by atoms with van der Waals surface area (Å²) in [6.45, 7) is 0. The molecule has 1 heteroatoms. The molecule has 0 aromatic heterocycles. The van der Waals surface area contributed by atoms with Gasteiger partial charge < -0.3 is 5.32 Å². The van der Waals surface area contributed by atoms with Crippen LogP contribution in [0.3, 0.4) is 0 Å². The van der Waals surface area contributed by atoms with E-state index in [1.807, 2.05) is 0 Å². The number of rotatable bonds is 10. The summed E-state index contributed by atoms with van der Waals surface area (Å²) in [5, 5.41) is 6.42. The first-order valence-electron chi connectivity index (χ1n) is 24.3. The van der Waals surface area contributed by atoms with E-state index in [1.54, 1.807) is 0 Å². The third-order valence-corrected chi connectivity index (χ3v) is 14.9. The molecule has 0 bridgehead atoms. The Labute approximate surface area is 405 Å². The molecule has 3 aliphatic rings. The van der Waals surface area contributed by atoms with Crippen LogP contribution in [0, 0.1) is 0 Å². The summed E-state index contributed by atoms with van der Waals surface area (Å²) in [6.07, 6.45) is 11.8. The molecule has 326 valence electrons. The standard InChI is InChI=1S/C68H49N/c1-3-20-54(21-4-1)67(46-53(19-15-16-47-30-31-47)59-24-9-12-27-63(59)67)55-38-34-50(35-39-55)62-45-57(68(56-22-5-2-6-23-56)64-28-13-10-25-60(64)61-26-11-14-29-65(61)68)40-43-66(62)69-58-41-36-49(37-42-58)52-33-32-48-17-7-8-18-51(48)44-52/h1-29,32-46,69H,30-31H2. The maximum absolute atomic E-state index is 3.92. The van der Waals surface area contributed by atoms with Crippen LogP contribution in [-0.2, 0) is 10.8 Å². The average molecular weight is 880 g/mol. The fourth-order valence-electron chi connectivity index (χ4n) is 11.5. The lowest BCUT2D eigenvalue weighted by molar-refractivity contribution is 0.769. The predicted molar refractivity (Wildman–Crippen MR) is 289 cm³/mol. The predicted octanol–water partition coefficient (Wildman–Crippen LogP) is 17.3. The molecule has 1 saturated carbocycles. The summed E-state index contributed by atoms with van der Waals surface area (Å²) in [6, 6.07) is 89.8. The van der Waals surface area contributed by atoms with Crippen LogP contribution in [0.5, 0.6) is 0 Å². The van der Waals surface area contributed by atoms with Gasteiger partial charge in [-0.1, -0.05) is 242 Å². The van der Waals surface area contributed by atoms with E-state index in [2.05, 4.69) is 272 Å². The average Bonchev–Trinajstić information content (AvgIpc) is 4.12. The molecule has 0 heterocycles. The van der Waals surface area contributed by atoms with E-state index >= 15 is 0 Å². The van der Waals surface area contributed by atoms with Crippen LogP contribution in [0.2, 0.25) is 0 Å². The fraction of sp³-hybridized carbons (Fsp3) is 0.0588. The Hall–Kier alpha value is -8.52. The molecule has 1 N–H and O–H groups in total. The fourth-order valence-corrected chi connectivity index (χ4v) is 11.5. The van der Waals surface area contributed by atoms with Crippen molar-refractivity contribution in [2.45, 2.75) is 23.7 Å². The smallest absolute Gasteiger partial charge is 0.0713 e. The van der Waals surface area contributed by atoms with Crippen molar-refractivity contribution in [3.05, 3.63) is 317 Å². The highest BCUT2D eigenvalue weighted by Gasteiger charge is 2.46. The van der Waals surface area contributed by atoms with Crippen LogP contribution >= 0.6 is 0 Å². The maximum Gasteiger partial charge on any atom is 0.0713 e. The Bertz CT molecular complexity index is 3620. The summed E-state index contributed by atoms with van der Waals surface area (Å²) in [5.74, 6) is 0. The van der Waals surface area contributed by atoms with Crippen molar-refractivity contribution >= 4 is 27.7 Å². The van der Waals surface area contributed by atoms with Gasteiger partial charge in [-0.2, -0.15) is 0 Å². The monoisotopic (exact) mass is 879 g/mol. The van der Waals surface area contributed by atoms with E-state index in [0.29, 0.717) is 0 Å². The van der Waals surface area contributed by atoms with Crippen molar-refractivity contribution in [3.63, 3.8) is 0 Å². The molecule has 0 radical (unpaired) electrons. The van der Waals surface area contributed by atoms with Gasteiger partial charge in [-0.15, -0.1) is 0 Å². The van der Waals surface area contributed by atoms with Gasteiger partial charge in [-0.05, 0) is 132 Å². The van der Waals surface area contributed by atoms with Crippen molar-refractivity contribution in [2.75, 3.05) is 5.32 Å². The van der Waals surface area contributed by atoms with Crippen molar-refractivity contribution in [1.82, 2.24) is 0 Å². The van der Waals surface area contributed by atoms with Crippen molar-refractivity contribution in [3.8, 4) is 33.4 Å². The minimum absolute atomic E-state index is 0.465. The highest BCUT2D eigenvalue weighted by molar-refractivity contribution is 5.91. The first-order valence-corrected chi connectivity index (χ1v) is 24.3. The first kappa shape index (κ1) is 40.7. The van der Waals surface area contributed by atoms with Gasteiger partial charge in [0, 0.05) is 16.9 Å². The second-order valence-electron chi connectivity index (χ2n) is 18.8. The van der Waals surface area contributed by atoms with E-state index in [4.69, 9.17) is 0 Å². The van der Waals surface area contributed by atoms with E-state index < -0.39 is 10.8 Å². The molecular weight excluding hydrogens is 831 g/mol. The molecule has 69 heavy (non-hydrogen) atoms. The Morgan fingerprint density at radius 1 is 0.377 bits per heavy atom. The van der Waals surface area contributed by atoms with Gasteiger partial charge in [-0.3, -0.25) is 0 Å². The third kappa shape index (κ3) is 6.84. The number of allylic oxidation sites excluding steroid dienone is 6. The number of benzene rings is 10. The van der Waals surface area contributed by atoms with Crippen LogP contribution in [0.4, 0.5) is 11.4 Å². The molecule has 0 saturated heterocycles. The van der Waals surface area contributed by atoms with Gasteiger partial charge in [0.05, 0.1) is 10.8 Å². The quantitative estimate of drug-likeness (QED) is 0.144. The number of nitrogens with one attached hydrogen (secondary N) is 1. The lowest BCUT2D eigenvalue weighted by atomic mass is 9.67. The van der Waals surface area contributed by atoms with Gasteiger partial charge in [0.25, 0.3) is 0 Å². The number of hydrogen-bond acceptors (Lipinski definition) is 1. The first-order chi connectivity index (χ1) is 34.2. The minimum atomic E-state index is -0.530. The zero-order valence-electron chi connectivity index (χ0n) is 38.3. The summed E-state index contributed by atoms with van der Waals surface area (Å²) >= 11 is 0. The van der Waals surface area contributed by atoms with Crippen molar-refractivity contribution in [2.24, 2.45) is 0 Å². The largest absolute Gasteiger partial charge is 0.355 e. The second-order valence-corrected chi connectivity index (χ2v) is 18.8. The molecule has 10 aromatic carbocycles. The molecule has 3 aliphatic carbocycles. The molecule has 1 unspecified atom stereocenters. The zero-order chi connectivity index (χ0) is 45.8. The van der Waals surface area contributed by atoms with Crippen molar-refractivity contribution < 1.29 is 0 Å².